The van der Waals surface area contributed by atoms with Gasteiger partial charge in [-0.3, -0.25) is 4.79 Å². The quantitative estimate of drug-likeness (QED) is 0.590. The van der Waals surface area contributed by atoms with Crippen LogP contribution in [-0.2, 0) is 14.9 Å². The number of benzene rings is 1. The minimum absolute atomic E-state index is 0.0874. The maximum absolute atomic E-state index is 11.8. The van der Waals surface area contributed by atoms with Gasteiger partial charge in [-0.15, -0.1) is 0 Å². The van der Waals surface area contributed by atoms with E-state index in [0.29, 0.717) is 17.2 Å². The first kappa shape index (κ1) is 15.4. The average molecular weight is 328 g/mol. The van der Waals surface area contributed by atoms with E-state index >= 15 is 0 Å². The van der Waals surface area contributed by atoms with Crippen molar-refractivity contribution in [1.29, 1.82) is 0 Å². The van der Waals surface area contributed by atoms with Crippen LogP contribution < -0.4 is 5.32 Å². The van der Waals surface area contributed by atoms with E-state index in [9.17, 15) is 14.4 Å². The minimum atomic E-state index is -1.15. The number of alkyl halides is 1. The lowest BCUT2D eigenvalue weighted by Crippen LogP contribution is -2.40. The SMILES string of the molecule is O=CCC[C@H](NC(=O)c1ccc(CBr)cc1)C(=O)O. The third kappa shape index (κ3) is 4.82. The number of amides is 1. The second kappa shape index (κ2) is 7.68. The standard InChI is InChI=1S/C13H14BrNO4/c14-8-9-3-5-10(6-4-9)12(17)15-11(13(18)19)2-1-7-16/h3-7,11H,1-2,8H2,(H,15,17)(H,18,19)/t11-/m0/s1. The monoisotopic (exact) mass is 327 g/mol. The van der Waals surface area contributed by atoms with E-state index in [4.69, 9.17) is 5.11 Å². The van der Waals surface area contributed by atoms with Gasteiger partial charge in [-0.1, -0.05) is 28.1 Å². The summed E-state index contributed by atoms with van der Waals surface area (Å²) in [5.41, 5.74) is 1.41. The van der Waals surface area contributed by atoms with Crippen LogP contribution >= 0.6 is 15.9 Å². The summed E-state index contributed by atoms with van der Waals surface area (Å²) in [7, 11) is 0. The fourth-order valence-corrected chi connectivity index (χ4v) is 1.85. The summed E-state index contributed by atoms with van der Waals surface area (Å²) in [6.07, 6.45) is 0.816. The summed E-state index contributed by atoms with van der Waals surface area (Å²) in [5, 5.41) is 12.0. The minimum Gasteiger partial charge on any atom is -0.480 e. The maximum Gasteiger partial charge on any atom is 0.326 e. The second-order valence-electron chi connectivity index (χ2n) is 3.94. The highest BCUT2D eigenvalue weighted by atomic mass is 79.9. The molecule has 19 heavy (non-hydrogen) atoms. The fourth-order valence-electron chi connectivity index (χ4n) is 1.48. The molecule has 0 aliphatic rings. The summed E-state index contributed by atoms with van der Waals surface area (Å²) in [5.74, 6) is -1.60. The molecule has 1 aromatic carbocycles. The van der Waals surface area contributed by atoms with Crippen LogP contribution in [0.15, 0.2) is 24.3 Å². The van der Waals surface area contributed by atoms with Crippen LogP contribution in [0.4, 0.5) is 0 Å². The molecule has 0 unspecified atom stereocenters. The van der Waals surface area contributed by atoms with Crippen molar-refractivity contribution in [3.05, 3.63) is 35.4 Å². The number of carboxylic acid groups (broad SMARTS) is 1. The van der Waals surface area contributed by atoms with Crippen molar-refractivity contribution in [3.8, 4) is 0 Å². The highest BCUT2D eigenvalue weighted by molar-refractivity contribution is 9.08. The molecule has 6 heteroatoms. The van der Waals surface area contributed by atoms with E-state index in [1.165, 1.54) is 0 Å². The van der Waals surface area contributed by atoms with E-state index in [0.717, 1.165) is 5.56 Å². The van der Waals surface area contributed by atoms with Gasteiger partial charge in [0.05, 0.1) is 0 Å². The van der Waals surface area contributed by atoms with E-state index < -0.39 is 17.9 Å². The first-order valence-electron chi connectivity index (χ1n) is 5.70. The molecule has 5 nitrogen and oxygen atoms in total. The molecule has 1 rings (SSSR count). The van der Waals surface area contributed by atoms with Crippen LogP contribution in [0.3, 0.4) is 0 Å². The summed E-state index contributed by atoms with van der Waals surface area (Å²) in [6, 6.07) is 5.78. The van der Waals surface area contributed by atoms with Gasteiger partial charge < -0.3 is 15.2 Å². The smallest absolute Gasteiger partial charge is 0.326 e. The van der Waals surface area contributed by atoms with E-state index in [1.54, 1.807) is 24.3 Å². The molecule has 2 N–H and O–H groups in total. The number of aliphatic carboxylic acids is 1. The average Bonchev–Trinajstić information content (AvgIpc) is 2.43. The molecule has 1 amide bonds. The molecule has 0 heterocycles. The summed E-state index contributed by atoms with van der Waals surface area (Å²) >= 11 is 3.30. The van der Waals surface area contributed by atoms with Crippen molar-refractivity contribution in [1.82, 2.24) is 5.32 Å². The lowest BCUT2D eigenvalue weighted by atomic mass is 10.1. The predicted molar refractivity (Wildman–Crippen MR) is 73.3 cm³/mol. The molecular formula is C13H14BrNO4. The number of carbonyl (C=O) groups is 3. The summed E-state index contributed by atoms with van der Waals surface area (Å²) in [4.78, 5) is 33.0. The van der Waals surface area contributed by atoms with Gasteiger partial charge in [0.1, 0.15) is 12.3 Å². The van der Waals surface area contributed by atoms with Crippen LogP contribution in [0.25, 0.3) is 0 Å². The number of carboxylic acids is 1. The Hall–Kier alpha value is -1.69. The maximum atomic E-state index is 11.8. The van der Waals surface area contributed by atoms with E-state index in [-0.39, 0.29) is 12.8 Å². The van der Waals surface area contributed by atoms with E-state index in [2.05, 4.69) is 21.2 Å². The second-order valence-corrected chi connectivity index (χ2v) is 4.50. The largest absolute Gasteiger partial charge is 0.480 e. The Labute approximate surface area is 119 Å². The normalized spacial score (nSPS) is 11.6. The Kier molecular flexibility index (Phi) is 6.21. The molecule has 0 saturated heterocycles. The molecule has 0 radical (unpaired) electrons. The predicted octanol–water partition coefficient (Wildman–Crippen LogP) is 1.74. The molecular weight excluding hydrogens is 314 g/mol. The van der Waals surface area contributed by atoms with Gasteiger partial charge in [-0.2, -0.15) is 0 Å². The Bertz CT molecular complexity index is 458. The Morgan fingerprint density at radius 2 is 1.95 bits per heavy atom. The molecule has 0 spiro atoms. The van der Waals surface area contributed by atoms with Crippen molar-refractivity contribution < 1.29 is 19.5 Å². The first-order valence-corrected chi connectivity index (χ1v) is 6.83. The van der Waals surface area contributed by atoms with Gasteiger partial charge in [-0.25, -0.2) is 4.79 Å². The topological polar surface area (TPSA) is 83.5 Å². The lowest BCUT2D eigenvalue weighted by Gasteiger charge is -2.13. The zero-order valence-corrected chi connectivity index (χ0v) is 11.7. The van der Waals surface area contributed by atoms with Crippen molar-refractivity contribution >= 4 is 34.1 Å². The van der Waals surface area contributed by atoms with Crippen molar-refractivity contribution in [3.63, 3.8) is 0 Å². The van der Waals surface area contributed by atoms with Gasteiger partial charge in [0, 0.05) is 17.3 Å². The fraction of sp³-hybridized carbons (Fsp3) is 0.308. The van der Waals surface area contributed by atoms with Crippen molar-refractivity contribution in [2.75, 3.05) is 0 Å². The Morgan fingerprint density at radius 3 is 2.42 bits per heavy atom. The first-order chi connectivity index (χ1) is 9.08. The molecule has 102 valence electrons. The van der Waals surface area contributed by atoms with Crippen LogP contribution in [-0.4, -0.2) is 29.3 Å². The molecule has 0 fully saturated rings. The van der Waals surface area contributed by atoms with Gasteiger partial charge in [0.2, 0.25) is 0 Å². The number of halogens is 1. The zero-order chi connectivity index (χ0) is 14.3. The third-order valence-electron chi connectivity index (χ3n) is 2.55. The Balaban J connectivity index is 2.69. The van der Waals surface area contributed by atoms with Crippen LogP contribution in [0.5, 0.6) is 0 Å². The summed E-state index contributed by atoms with van der Waals surface area (Å²) < 4.78 is 0. The zero-order valence-electron chi connectivity index (χ0n) is 10.1. The van der Waals surface area contributed by atoms with Crippen molar-refractivity contribution in [2.45, 2.75) is 24.2 Å². The number of carbonyl (C=O) groups excluding carboxylic acids is 2. The van der Waals surface area contributed by atoms with E-state index in [1.807, 2.05) is 0 Å². The molecule has 1 atom stereocenters. The molecule has 0 aliphatic heterocycles. The molecule has 0 aliphatic carbocycles. The van der Waals surface area contributed by atoms with Gasteiger partial charge >= 0.3 is 5.97 Å². The molecule has 1 aromatic rings. The van der Waals surface area contributed by atoms with Gasteiger partial charge in [0.15, 0.2) is 0 Å². The van der Waals surface area contributed by atoms with Crippen LogP contribution in [0.1, 0.15) is 28.8 Å². The summed E-state index contributed by atoms with van der Waals surface area (Å²) in [6.45, 7) is 0. The highest BCUT2D eigenvalue weighted by Crippen LogP contribution is 2.08. The van der Waals surface area contributed by atoms with Crippen LogP contribution in [0.2, 0.25) is 0 Å². The molecule has 0 aromatic heterocycles. The lowest BCUT2D eigenvalue weighted by molar-refractivity contribution is -0.139. The number of rotatable bonds is 7. The number of hydrogen-bond donors (Lipinski definition) is 2. The van der Waals surface area contributed by atoms with Gasteiger partial charge in [-0.05, 0) is 24.1 Å². The number of hydrogen-bond acceptors (Lipinski definition) is 3. The third-order valence-corrected chi connectivity index (χ3v) is 3.19. The Morgan fingerprint density at radius 1 is 1.32 bits per heavy atom. The number of aldehydes is 1. The number of nitrogens with one attached hydrogen (secondary N) is 1. The van der Waals surface area contributed by atoms with Gasteiger partial charge in [0.25, 0.3) is 5.91 Å². The van der Waals surface area contributed by atoms with Crippen molar-refractivity contribution in [2.24, 2.45) is 0 Å². The molecule has 0 bridgehead atoms. The highest BCUT2D eigenvalue weighted by Gasteiger charge is 2.19. The van der Waals surface area contributed by atoms with Crippen LogP contribution in [0, 0.1) is 0 Å². The molecule has 0 saturated carbocycles.